The third kappa shape index (κ3) is 3.71. The molecule has 1 fully saturated rings. The summed E-state index contributed by atoms with van der Waals surface area (Å²) in [6.45, 7) is 6.73. The molecule has 1 aliphatic heterocycles. The Morgan fingerprint density at radius 1 is 1.50 bits per heavy atom. The molecule has 0 bridgehead atoms. The lowest BCUT2D eigenvalue weighted by Gasteiger charge is -2.37. The Hall–Kier alpha value is -2.06. The van der Waals surface area contributed by atoms with E-state index in [1.165, 1.54) is 0 Å². The summed E-state index contributed by atoms with van der Waals surface area (Å²) in [4.78, 5) is 18.9. The van der Waals surface area contributed by atoms with E-state index in [1.807, 2.05) is 43.5 Å². The first-order chi connectivity index (χ1) is 12.3. The van der Waals surface area contributed by atoms with Gasteiger partial charge in [-0.05, 0) is 32.4 Å². The Morgan fingerprint density at radius 3 is 3.00 bits per heavy atom. The predicted octanol–water partition coefficient (Wildman–Crippen LogP) is 1.53. The SMILES string of the molecule is Cc1cccn2c(C(C)(C)NC(=O)[C@@H]3CNCCN3CC(F)F)ncc12. The van der Waals surface area contributed by atoms with Gasteiger partial charge in [0.05, 0.1) is 23.8 Å². The molecule has 1 atom stereocenters. The fourth-order valence-electron chi connectivity index (χ4n) is 3.47. The summed E-state index contributed by atoms with van der Waals surface area (Å²) in [5.41, 5.74) is 1.32. The van der Waals surface area contributed by atoms with Crippen LogP contribution in [0, 0.1) is 6.92 Å². The minimum Gasteiger partial charge on any atom is -0.343 e. The molecule has 0 aromatic carbocycles. The Kier molecular flexibility index (Phi) is 5.24. The van der Waals surface area contributed by atoms with Crippen LogP contribution in [0.25, 0.3) is 5.52 Å². The summed E-state index contributed by atoms with van der Waals surface area (Å²) < 4.78 is 27.6. The molecule has 1 aliphatic rings. The third-order valence-electron chi connectivity index (χ3n) is 4.81. The highest BCUT2D eigenvalue weighted by atomic mass is 19.3. The molecule has 6 nitrogen and oxygen atoms in total. The maximum atomic E-state index is 12.8. The number of rotatable bonds is 5. The normalized spacial score (nSPS) is 19.2. The van der Waals surface area contributed by atoms with E-state index in [2.05, 4.69) is 15.6 Å². The summed E-state index contributed by atoms with van der Waals surface area (Å²) in [6, 6.07) is 3.31. The molecule has 26 heavy (non-hydrogen) atoms. The fourth-order valence-corrected chi connectivity index (χ4v) is 3.47. The van der Waals surface area contributed by atoms with Crippen LogP contribution >= 0.6 is 0 Å². The summed E-state index contributed by atoms with van der Waals surface area (Å²) in [5, 5.41) is 6.10. The van der Waals surface area contributed by atoms with Gasteiger partial charge in [-0.1, -0.05) is 6.07 Å². The van der Waals surface area contributed by atoms with E-state index in [9.17, 15) is 13.6 Å². The van der Waals surface area contributed by atoms with Gasteiger partial charge in [0, 0.05) is 25.8 Å². The molecule has 3 rings (SSSR count). The quantitative estimate of drug-likeness (QED) is 0.844. The average molecular weight is 365 g/mol. The maximum absolute atomic E-state index is 12.8. The molecule has 0 aliphatic carbocycles. The van der Waals surface area contributed by atoms with Crippen LogP contribution in [0.1, 0.15) is 25.2 Å². The number of halogens is 2. The molecule has 2 aromatic rings. The summed E-state index contributed by atoms with van der Waals surface area (Å²) in [7, 11) is 0. The van der Waals surface area contributed by atoms with Crippen LogP contribution in [-0.4, -0.2) is 58.8 Å². The van der Waals surface area contributed by atoms with Crippen molar-refractivity contribution in [2.75, 3.05) is 26.2 Å². The van der Waals surface area contributed by atoms with Crippen molar-refractivity contribution in [1.82, 2.24) is 24.9 Å². The van der Waals surface area contributed by atoms with Crippen molar-refractivity contribution in [2.24, 2.45) is 0 Å². The van der Waals surface area contributed by atoms with E-state index in [4.69, 9.17) is 0 Å². The lowest BCUT2D eigenvalue weighted by atomic mass is 10.0. The van der Waals surface area contributed by atoms with E-state index < -0.39 is 24.6 Å². The van der Waals surface area contributed by atoms with Crippen LogP contribution in [0.15, 0.2) is 24.5 Å². The number of alkyl halides is 2. The van der Waals surface area contributed by atoms with Crippen molar-refractivity contribution in [3.8, 4) is 0 Å². The standard InChI is InChI=1S/C18H25F2N5O/c1-12-5-4-7-25-13(12)10-22-17(25)18(2,3)23-16(26)14-9-21-6-8-24(14)11-15(19)20/h4-5,7,10,14-15,21H,6,8-9,11H2,1-3H3,(H,23,26)/t14-/m0/s1. The highest BCUT2D eigenvalue weighted by molar-refractivity contribution is 5.83. The number of aromatic nitrogens is 2. The van der Waals surface area contributed by atoms with Crippen molar-refractivity contribution in [3.05, 3.63) is 35.9 Å². The molecular formula is C18H25F2N5O. The topological polar surface area (TPSA) is 61.7 Å². The van der Waals surface area contributed by atoms with Crippen molar-refractivity contribution in [1.29, 1.82) is 0 Å². The summed E-state index contributed by atoms with van der Waals surface area (Å²) >= 11 is 0. The highest BCUT2D eigenvalue weighted by Crippen LogP contribution is 2.22. The van der Waals surface area contributed by atoms with E-state index in [-0.39, 0.29) is 5.91 Å². The number of carbonyl (C=O) groups excluding carboxylic acids is 1. The first kappa shape index (κ1) is 18.7. The van der Waals surface area contributed by atoms with Gasteiger partial charge in [-0.25, -0.2) is 13.8 Å². The van der Waals surface area contributed by atoms with Gasteiger partial charge in [0.15, 0.2) is 0 Å². The molecule has 2 N–H and O–H groups in total. The number of piperazine rings is 1. The number of pyridine rings is 1. The van der Waals surface area contributed by atoms with Crippen LogP contribution in [0.4, 0.5) is 8.78 Å². The lowest BCUT2D eigenvalue weighted by Crippen LogP contribution is -2.60. The van der Waals surface area contributed by atoms with Gasteiger partial charge in [0.25, 0.3) is 6.43 Å². The Morgan fingerprint density at radius 2 is 2.27 bits per heavy atom. The largest absolute Gasteiger partial charge is 0.343 e. The molecule has 2 aromatic heterocycles. The average Bonchev–Trinajstić information content (AvgIpc) is 3.00. The molecule has 142 valence electrons. The van der Waals surface area contributed by atoms with Gasteiger partial charge < -0.3 is 15.0 Å². The smallest absolute Gasteiger partial charge is 0.251 e. The monoisotopic (exact) mass is 365 g/mol. The molecule has 1 saturated heterocycles. The molecule has 1 amide bonds. The predicted molar refractivity (Wildman–Crippen MR) is 95.3 cm³/mol. The van der Waals surface area contributed by atoms with Crippen LogP contribution < -0.4 is 10.6 Å². The van der Waals surface area contributed by atoms with Gasteiger partial charge in [-0.2, -0.15) is 0 Å². The third-order valence-corrected chi connectivity index (χ3v) is 4.81. The van der Waals surface area contributed by atoms with Crippen molar-refractivity contribution in [2.45, 2.75) is 38.8 Å². The van der Waals surface area contributed by atoms with E-state index >= 15 is 0 Å². The zero-order valence-electron chi connectivity index (χ0n) is 15.3. The number of nitrogens with zero attached hydrogens (tertiary/aromatic N) is 3. The van der Waals surface area contributed by atoms with Gasteiger partial charge in [-0.3, -0.25) is 9.69 Å². The van der Waals surface area contributed by atoms with Crippen LogP contribution in [-0.2, 0) is 10.3 Å². The molecule has 0 radical (unpaired) electrons. The molecular weight excluding hydrogens is 340 g/mol. The zero-order chi connectivity index (χ0) is 18.9. The number of carbonyl (C=O) groups is 1. The van der Waals surface area contributed by atoms with Crippen molar-refractivity contribution < 1.29 is 13.6 Å². The first-order valence-electron chi connectivity index (χ1n) is 8.77. The zero-order valence-corrected chi connectivity index (χ0v) is 15.3. The molecule has 8 heteroatoms. The minimum absolute atomic E-state index is 0.271. The van der Waals surface area contributed by atoms with Gasteiger partial charge >= 0.3 is 0 Å². The molecule has 0 unspecified atom stereocenters. The molecule has 0 spiro atoms. The van der Waals surface area contributed by atoms with Crippen molar-refractivity contribution in [3.63, 3.8) is 0 Å². The van der Waals surface area contributed by atoms with Crippen LogP contribution in [0.3, 0.4) is 0 Å². The van der Waals surface area contributed by atoms with Crippen LogP contribution in [0.5, 0.6) is 0 Å². The second-order valence-electron chi connectivity index (χ2n) is 7.25. The van der Waals surface area contributed by atoms with Gasteiger partial charge in [-0.15, -0.1) is 0 Å². The highest BCUT2D eigenvalue weighted by Gasteiger charge is 2.35. The molecule has 3 heterocycles. The number of hydrogen-bond donors (Lipinski definition) is 2. The van der Waals surface area contributed by atoms with E-state index in [0.717, 1.165) is 11.1 Å². The Bertz CT molecular complexity index is 789. The second-order valence-corrected chi connectivity index (χ2v) is 7.25. The first-order valence-corrected chi connectivity index (χ1v) is 8.77. The number of nitrogens with one attached hydrogen (secondary N) is 2. The van der Waals surface area contributed by atoms with E-state index in [1.54, 1.807) is 11.1 Å². The molecule has 0 saturated carbocycles. The number of aryl methyl sites for hydroxylation is 1. The van der Waals surface area contributed by atoms with Crippen LogP contribution in [0.2, 0.25) is 0 Å². The minimum atomic E-state index is -2.46. The number of fused-ring (bicyclic) bond motifs is 1. The second kappa shape index (κ2) is 7.28. The summed E-state index contributed by atoms with van der Waals surface area (Å²) in [6.07, 6.45) is 1.23. The number of hydrogen-bond acceptors (Lipinski definition) is 4. The van der Waals surface area contributed by atoms with Gasteiger partial charge in [0.1, 0.15) is 11.9 Å². The van der Waals surface area contributed by atoms with E-state index in [0.29, 0.717) is 25.5 Å². The van der Waals surface area contributed by atoms with Crippen molar-refractivity contribution >= 4 is 11.4 Å². The lowest BCUT2D eigenvalue weighted by molar-refractivity contribution is -0.129. The number of imidazole rings is 1. The Labute approximate surface area is 151 Å². The fraction of sp³-hybridized carbons (Fsp3) is 0.556. The van der Waals surface area contributed by atoms with Gasteiger partial charge in [0.2, 0.25) is 5.91 Å². The summed E-state index contributed by atoms with van der Waals surface area (Å²) in [5.74, 6) is 0.431. The Balaban J connectivity index is 1.81. The number of amides is 1. The maximum Gasteiger partial charge on any atom is 0.251 e.